The number of hydrogen-bond acceptors (Lipinski definition) is 8. The number of carbonyl (C=O) groups excluding carboxylic acids is 2. The Kier molecular flexibility index (Phi) is 11.8. The molecule has 2 N–H and O–H groups in total. The summed E-state index contributed by atoms with van der Waals surface area (Å²) in [5, 5.41) is 15.6. The third-order valence-electron chi connectivity index (χ3n) is 9.41. The summed E-state index contributed by atoms with van der Waals surface area (Å²) in [5.74, 6) is 1.06. The average Bonchev–Trinajstić information content (AvgIpc) is 3.44. The zero-order chi connectivity index (χ0) is 35.0. The van der Waals surface area contributed by atoms with Gasteiger partial charge in [0, 0.05) is 34.9 Å². The first-order chi connectivity index (χ1) is 23.6. The smallest absolute Gasteiger partial charge is 0.251 e. The van der Waals surface area contributed by atoms with E-state index < -0.39 is 0 Å². The van der Waals surface area contributed by atoms with Gasteiger partial charge in [-0.2, -0.15) is 5.26 Å². The number of nitrogens with one attached hydrogen (secondary N) is 2. The predicted molar refractivity (Wildman–Crippen MR) is 185 cm³/mol. The highest BCUT2D eigenvalue weighted by Gasteiger charge is 2.64. The molecule has 0 aliphatic heterocycles. The van der Waals surface area contributed by atoms with E-state index in [-0.39, 0.29) is 41.0 Å². The summed E-state index contributed by atoms with van der Waals surface area (Å²) in [6.45, 7) is 10.7. The Bertz CT molecular complexity index is 1620. The number of ether oxygens (including phenoxy) is 5. The van der Waals surface area contributed by atoms with Crippen molar-refractivity contribution in [1.82, 2.24) is 10.6 Å². The van der Waals surface area contributed by atoms with Crippen molar-refractivity contribution in [1.29, 1.82) is 5.26 Å². The van der Waals surface area contributed by atoms with E-state index >= 15 is 0 Å². The molecule has 0 aromatic heterocycles. The minimum absolute atomic E-state index is 0.110. The molecule has 2 aliphatic rings. The van der Waals surface area contributed by atoms with E-state index in [2.05, 4.69) is 50.5 Å². The van der Waals surface area contributed by atoms with Crippen LogP contribution in [0.1, 0.15) is 60.8 Å². The monoisotopic (exact) mass is 689 g/mol. The SMILES string of the molecule is CC1(C)C(NC(=O)c2ccc(OCCOCCOCCO[C@@H]3Cc4ccccc4[C@@H]3NC=O)cc2)C(C)(C)C1Oc1ccc(C#N)c(Cl)c1. The van der Waals surface area contributed by atoms with Crippen molar-refractivity contribution < 1.29 is 33.3 Å². The van der Waals surface area contributed by atoms with Crippen LogP contribution in [-0.2, 0) is 25.4 Å². The van der Waals surface area contributed by atoms with Crippen LogP contribution in [0.4, 0.5) is 0 Å². The molecular formula is C38H44ClN3O7. The molecule has 1 fully saturated rings. The van der Waals surface area contributed by atoms with Gasteiger partial charge in [-0.05, 0) is 47.5 Å². The van der Waals surface area contributed by atoms with Gasteiger partial charge in [0.05, 0.1) is 55.8 Å². The normalized spacial score (nSPS) is 21.5. The maximum absolute atomic E-state index is 13.2. The molecule has 0 radical (unpaired) electrons. The Morgan fingerprint density at radius 1 is 0.918 bits per heavy atom. The van der Waals surface area contributed by atoms with E-state index in [1.54, 1.807) is 42.5 Å². The zero-order valence-electron chi connectivity index (χ0n) is 28.4. The van der Waals surface area contributed by atoms with Gasteiger partial charge in [0.25, 0.3) is 5.91 Å². The Morgan fingerprint density at radius 3 is 2.24 bits per heavy atom. The van der Waals surface area contributed by atoms with Crippen molar-refractivity contribution in [2.24, 2.45) is 10.8 Å². The first-order valence-electron chi connectivity index (χ1n) is 16.5. The zero-order valence-corrected chi connectivity index (χ0v) is 29.1. The number of fused-ring (bicyclic) bond motifs is 1. The van der Waals surface area contributed by atoms with Gasteiger partial charge in [0.1, 0.15) is 30.3 Å². The molecule has 0 unspecified atom stereocenters. The largest absolute Gasteiger partial charge is 0.491 e. The van der Waals surface area contributed by atoms with Crippen LogP contribution in [0.3, 0.4) is 0 Å². The highest BCUT2D eigenvalue weighted by Crippen LogP contribution is 2.55. The minimum atomic E-state index is -0.358. The fourth-order valence-electron chi connectivity index (χ4n) is 7.30. The standard InChI is InChI=1S/C38H44ClN3O7/c1-37(2)35(38(3,4)36(37)49-29-14-11-27(23-40)31(39)22-29)42-34(44)25-9-12-28(13-10-25)47-19-17-45-15-16-46-18-20-48-32-21-26-7-5-6-8-30(26)33(32)41-24-43/h5-14,22,24,32-33,35-36H,15-21H2,1-4H3,(H,41,43)(H,42,44)/t32-,33+,35?,36?/m1/s1. The van der Waals surface area contributed by atoms with Crippen molar-refractivity contribution in [3.05, 3.63) is 94.0 Å². The fraction of sp³-hybridized carbons (Fsp3) is 0.447. The second-order valence-corrected chi connectivity index (χ2v) is 13.9. The van der Waals surface area contributed by atoms with Gasteiger partial charge >= 0.3 is 0 Å². The van der Waals surface area contributed by atoms with Gasteiger partial charge in [-0.1, -0.05) is 63.6 Å². The lowest BCUT2D eigenvalue weighted by Gasteiger charge is -2.63. The summed E-state index contributed by atoms with van der Waals surface area (Å²) >= 11 is 6.21. The second kappa shape index (κ2) is 16.0. The molecule has 3 aromatic carbocycles. The summed E-state index contributed by atoms with van der Waals surface area (Å²) in [7, 11) is 0. The molecule has 5 rings (SSSR count). The van der Waals surface area contributed by atoms with Crippen LogP contribution in [0, 0.1) is 22.2 Å². The quantitative estimate of drug-likeness (QED) is 0.137. The average molecular weight is 690 g/mol. The molecule has 2 aliphatic carbocycles. The Morgan fingerprint density at radius 2 is 1.57 bits per heavy atom. The van der Waals surface area contributed by atoms with Crippen LogP contribution in [0.5, 0.6) is 11.5 Å². The molecule has 11 heteroatoms. The number of carbonyl (C=O) groups is 2. The summed E-state index contributed by atoms with van der Waals surface area (Å²) in [5.41, 5.74) is 2.51. The third-order valence-corrected chi connectivity index (χ3v) is 9.72. The van der Waals surface area contributed by atoms with Crippen molar-refractivity contribution in [3.63, 3.8) is 0 Å². The van der Waals surface area contributed by atoms with Crippen LogP contribution >= 0.6 is 11.6 Å². The van der Waals surface area contributed by atoms with Gasteiger partial charge in [-0.25, -0.2) is 0 Å². The highest BCUT2D eigenvalue weighted by molar-refractivity contribution is 6.31. The summed E-state index contributed by atoms with van der Waals surface area (Å²) in [4.78, 5) is 24.3. The molecule has 0 saturated heterocycles. The number of hydrogen-bond donors (Lipinski definition) is 2. The lowest BCUT2D eigenvalue weighted by atomic mass is 9.49. The topological polar surface area (TPSA) is 128 Å². The second-order valence-electron chi connectivity index (χ2n) is 13.5. The first kappa shape index (κ1) is 36.1. The molecular weight excluding hydrogens is 646 g/mol. The van der Waals surface area contributed by atoms with Crippen LogP contribution in [0.2, 0.25) is 5.02 Å². The molecule has 1 saturated carbocycles. The Balaban J connectivity index is 0.959. The van der Waals surface area contributed by atoms with Gasteiger partial charge in [0.2, 0.25) is 6.41 Å². The van der Waals surface area contributed by atoms with E-state index in [9.17, 15) is 9.59 Å². The molecule has 0 spiro atoms. The number of benzene rings is 3. The lowest BCUT2D eigenvalue weighted by molar-refractivity contribution is -0.164. The summed E-state index contributed by atoms with van der Waals surface area (Å²) < 4.78 is 29.4. The Labute approximate surface area is 293 Å². The maximum Gasteiger partial charge on any atom is 0.251 e. The molecule has 0 bridgehead atoms. The molecule has 3 aromatic rings. The molecule has 49 heavy (non-hydrogen) atoms. The van der Waals surface area contributed by atoms with Crippen LogP contribution in [-0.4, -0.2) is 70.2 Å². The van der Waals surface area contributed by atoms with Gasteiger partial charge in [-0.15, -0.1) is 0 Å². The van der Waals surface area contributed by atoms with Gasteiger partial charge in [0.15, 0.2) is 0 Å². The van der Waals surface area contributed by atoms with Gasteiger partial charge in [-0.3, -0.25) is 9.59 Å². The molecule has 2 atom stereocenters. The minimum Gasteiger partial charge on any atom is -0.491 e. The van der Waals surface area contributed by atoms with E-state index in [0.29, 0.717) is 67.3 Å². The highest BCUT2D eigenvalue weighted by atomic mass is 35.5. The van der Waals surface area contributed by atoms with E-state index in [0.717, 1.165) is 18.4 Å². The first-order valence-corrected chi connectivity index (χ1v) is 16.9. The summed E-state index contributed by atoms with van der Waals surface area (Å²) in [6, 6.07) is 21.9. The molecule has 0 heterocycles. The number of amides is 2. The van der Waals surface area contributed by atoms with Crippen molar-refractivity contribution in [3.8, 4) is 17.6 Å². The van der Waals surface area contributed by atoms with E-state index in [1.165, 1.54) is 5.56 Å². The summed E-state index contributed by atoms with van der Waals surface area (Å²) in [6.07, 6.45) is 1.18. The lowest BCUT2D eigenvalue weighted by Crippen LogP contribution is -2.74. The Hall–Kier alpha value is -4.14. The van der Waals surface area contributed by atoms with Gasteiger partial charge < -0.3 is 34.3 Å². The molecule has 10 nitrogen and oxygen atoms in total. The van der Waals surface area contributed by atoms with Crippen molar-refractivity contribution >= 4 is 23.9 Å². The predicted octanol–water partition coefficient (Wildman–Crippen LogP) is 5.66. The van der Waals surface area contributed by atoms with Crippen LogP contribution < -0.4 is 20.1 Å². The van der Waals surface area contributed by atoms with E-state index in [1.807, 2.05) is 18.2 Å². The number of nitriles is 1. The van der Waals surface area contributed by atoms with Crippen molar-refractivity contribution in [2.75, 3.05) is 39.6 Å². The fourth-order valence-corrected chi connectivity index (χ4v) is 7.51. The number of rotatable bonds is 17. The van der Waals surface area contributed by atoms with Crippen LogP contribution in [0.25, 0.3) is 0 Å². The van der Waals surface area contributed by atoms with Crippen LogP contribution in [0.15, 0.2) is 66.7 Å². The molecule has 2 amide bonds. The third kappa shape index (κ3) is 8.36. The maximum atomic E-state index is 13.2. The van der Waals surface area contributed by atoms with Crippen molar-refractivity contribution in [2.45, 2.75) is 58.4 Å². The van der Waals surface area contributed by atoms with E-state index in [4.69, 9.17) is 40.5 Å². The molecule has 260 valence electrons. The number of nitrogens with zero attached hydrogens (tertiary/aromatic N) is 1. The number of halogens is 1.